The summed E-state index contributed by atoms with van der Waals surface area (Å²) in [6.07, 6.45) is 0. The van der Waals surface area contributed by atoms with E-state index >= 15 is 0 Å². The number of hydrogen-bond donors (Lipinski definition) is 4. The number of phenols is 1. The SMILES string of the molecule is C.COc1cc(O)cc(Nc2nc3ccccc3nc2NS(=O)(=O)c2cccc(NC(=O)c3ccccc3OC)c2)c1. The number of fused-ring (bicyclic) bond motifs is 1. The van der Waals surface area contributed by atoms with Crippen LogP contribution in [-0.4, -0.2) is 43.6 Å². The molecule has 0 spiro atoms. The molecule has 0 aliphatic carbocycles. The highest BCUT2D eigenvalue weighted by atomic mass is 32.2. The van der Waals surface area contributed by atoms with E-state index in [0.717, 1.165) is 0 Å². The number of sulfonamides is 1. The van der Waals surface area contributed by atoms with E-state index in [1.807, 2.05) is 0 Å². The topological polar surface area (TPSA) is 152 Å². The third-order valence-corrected chi connectivity index (χ3v) is 7.28. The van der Waals surface area contributed by atoms with Gasteiger partial charge in [-0.05, 0) is 42.5 Å². The first-order valence-electron chi connectivity index (χ1n) is 12.2. The third-order valence-electron chi connectivity index (χ3n) is 5.95. The Labute approximate surface area is 243 Å². The smallest absolute Gasteiger partial charge is 0.263 e. The van der Waals surface area contributed by atoms with Crippen molar-refractivity contribution >= 4 is 50.0 Å². The van der Waals surface area contributed by atoms with Gasteiger partial charge in [0.2, 0.25) is 0 Å². The quantitative estimate of drug-likeness (QED) is 0.168. The van der Waals surface area contributed by atoms with E-state index in [-0.39, 0.29) is 35.4 Å². The Bertz CT molecular complexity index is 1860. The molecule has 0 atom stereocenters. The standard InChI is InChI=1S/C29H25N5O6S.CH4/c1-39-21-15-19(14-20(35)17-21)30-27-28(33-25-12-5-4-11-24(25)32-27)34-41(37,38)22-9-7-8-18(16-22)31-29(36)23-10-3-6-13-26(23)40-2;/h3-17,35H,1-2H3,(H,30,32)(H,31,36)(H,33,34);1H4. The highest BCUT2D eigenvalue weighted by Crippen LogP contribution is 2.31. The number of para-hydroxylation sites is 3. The summed E-state index contributed by atoms with van der Waals surface area (Å²) in [5.74, 6) is 0.271. The number of aromatic hydroxyl groups is 1. The lowest BCUT2D eigenvalue weighted by Crippen LogP contribution is -2.17. The van der Waals surface area contributed by atoms with Gasteiger partial charge in [0.05, 0.1) is 35.7 Å². The molecule has 0 bridgehead atoms. The zero-order valence-electron chi connectivity index (χ0n) is 22.0. The van der Waals surface area contributed by atoms with Gasteiger partial charge in [0, 0.05) is 29.6 Å². The third kappa shape index (κ3) is 6.50. The summed E-state index contributed by atoms with van der Waals surface area (Å²) in [5.41, 5.74) is 1.94. The van der Waals surface area contributed by atoms with Crippen molar-refractivity contribution in [2.75, 3.05) is 29.6 Å². The molecule has 0 radical (unpaired) electrons. The molecule has 1 aromatic heterocycles. The van der Waals surface area contributed by atoms with E-state index in [2.05, 4.69) is 25.3 Å². The monoisotopic (exact) mass is 587 g/mol. The Morgan fingerprint density at radius 3 is 2.19 bits per heavy atom. The fourth-order valence-electron chi connectivity index (χ4n) is 4.03. The lowest BCUT2D eigenvalue weighted by molar-refractivity contribution is 0.102. The van der Waals surface area contributed by atoms with Crippen LogP contribution >= 0.6 is 0 Å². The van der Waals surface area contributed by atoms with Gasteiger partial charge in [0.1, 0.15) is 17.2 Å². The largest absolute Gasteiger partial charge is 0.508 e. The average molecular weight is 588 g/mol. The minimum atomic E-state index is -4.20. The number of methoxy groups -OCH3 is 2. The van der Waals surface area contributed by atoms with Crippen molar-refractivity contribution in [2.24, 2.45) is 0 Å². The molecule has 0 saturated heterocycles. The Balaban J connectivity index is 0.00000405. The molecule has 12 heteroatoms. The van der Waals surface area contributed by atoms with Crippen molar-refractivity contribution in [3.63, 3.8) is 0 Å². The van der Waals surface area contributed by atoms with Crippen molar-refractivity contribution in [3.05, 3.63) is 96.6 Å². The summed E-state index contributed by atoms with van der Waals surface area (Å²) < 4.78 is 40.0. The van der Waals surface area contributed by atoms with Crippen molar-refractivity contribution in [2.45, 2.75) is 12.3 Å². The van der Waals surface area contributed by atoms with Crippen molar-refractivity contribution in [1.82, 2.24) is 9.97 Å². The first-order valence-corrected chi connectivity index (χ1v) is 13.7. The molecule has 216 valence electrons. The molecule has 1 amide bonds. The van der Waals surface area contributed by atoms with E-state index in [4.69, 9.17) is 9.47 Å². The summed E-state index contributed by atoms with van der Waals surface area (Å²) >= 11 is 0. The van der Waals surface area contributed by atoms with Crippen molar-refractivity contribution in [3.8, 4) is 17.2 Å². The van der Waals surface area contributed by atoms with E-state index in [0.29, 0.717) is 33.8 Å². The molecule has 4 N–H and O–H groups in total. The van der Waals surface area contributed by atoms with Gasteiger partial charge in [-0.25, -0.2) is 18.4 Å². The Morgan fingerprint density at radius 2 is 1.48 bits per heavy atom. The summed E-state index contributed by atoms with van der Waals surface area (Å²) in [7, 11) is -1.28. The molecule has 0 saturated carbocycles. The highest BCUT2D eigenvalue weighted by Gasteiger charge is 2.21. The zero-order valence-corrected chi connectivity index (χ0v) is 22.8. The van der Waals surface area contributed by atoms with Crippen LogP contribution in [-0.2, 0) is 10.0 Å². The minimum Gasteiger partial charge on any atom is -0.508 e. The molecule has 4 aromatic carbocycles. The maximum Gasteiger partial charge on any atom is 0.263 e. The molecule has 42 heavy (non-hydrogen) atoms. The summed E-state index contributed by atoms with van der Waals surface area (Å²) in [5, 5.41) is 15.8. The van der Waals surface area contributed by atoms with E-state index < -0.39 is 15.9 Å². The van der Waals surface area contributed by atoms with Gasteiger partial charge in [0.15, 0.2) is 11.6 Å². The van der Waals surface area contributed by atoms with Gasteiger partial charge in [-0.2, -0.15) is 0 Å². The Kier molecular flexibility index (Phi) is 8.77. The fraction of sp³-hybridized carbons (Fsp3) is 0.100. The van der Waals surface area contributed by atoms with Gasteiger partial charge in [-0.15, -0.1) is 0 Å². The van der Waals surface area contributed by atoms with Crippen LogP contribution in [0.4, 0.5) is 23.0 Å². The molecule has 0 aliphatic heterocycles. The number of nitrogens with zero attached hydrogens (tertiary/aromatic N) is 2. The van der Waals surface area contributed by atoms with Crippen molar-refractivity contribution < 1.29 is 27.8 Å². The number of phenolic OH excluding ortho intramolecular Hbond substituents is 1. The molecule has 0 aliphatic rings. The van der Waals surface area contributed by atoms with E-state index in [1.165, 1.54) is 44.6 Å². The van der Waals surface area contributed by atoms with Gasteiger partial charge in [-0.3, -0.25) is 9.52 Å². The second kappa shape index (κ2) is 12.4. The maximum atomic E-state index is 13.5. The molecule has 1 heterocycles. The van der Waals surface area contributed by atoms with Crippen LogP contribution in [0.3, 0.4) is 0 Å². The van der Waals surface area contributed by atoms with Gasteiger partial charge < -0.3 is 25.2 Å². The number of benzene rings is 4. The number of aromatic nitrogens is 2. The number of carbonyl (C=O) groups excluding carboxylic acids is 1. The van der Waals surface area contributed by atoms with Gasteiger partial charge >= 0.3 is 0 Å². The van der Waals surface area contributed by atoms with Crippen LogP contribution < -0.4 is 24.8 Å². The fourth-order valence-corrected chi connectivity index (χ4v) is 5.08. The summed E-state index contributed by atoms with van der Waals surface area (Å²) in [4.78, 5) is 21.8. The van der Waals surface area contributed by atoms with Crippen molar-refractivity contribution in [1.29, 1.82) is 0 Å². The highest BCUT2D eigenvalue weighted by molar-refractivity contribution is 7.92. The first kappa shape index (κ1) is 29.6. The number of ether oxygens (including phenoxy) is 2. The van der Waals surface area contributed by atoms with Crippen LogP contribution in [0, 0.1) is 0 Å². The average Bonchev–Trinajstić information content (AvgIpc) is 2.97. The molecular formula is C30H29N5O6S. The first-order chi connectivity index (χ1) is 19.8. The molecule has 5 rings (SSSR count). The lowest BCUT2D eigenvalue weighted by Gasteiger charge is -2.15. The van der Waals surface area contributed by atoms with Crippen LogP contribution in [0.25, 0.3) is 11.0 Å². The van der Waals surface area contributed by atoms with E-state index in [1.54, 1.807) is 60.7 Å². The summed E-state index contributed by atoms with van der Waals surface area (Å²) in [6.45, 7) is 0. The molecule has 5 aromatic rings. The lowest BCUT2D eigenvalue weighted by atomic mass is 10.2. The molecular weight excluding hydrogens is 558 g/mol. The second-order valence-electron chi connectivity index (χ2n) is 8.74. The zero-order chi connectivity index (χ0) is 29.0. The maximum absolute atomic E-state index is 13.5. The van der Waals surface area contributed by atoms with Gasteiger partial charge in [-0.1, -0.05) is 37.8 Å². The van der Waals surface area contributed by atoms with Crippen LogP contribution in [0.15, 0.2) is 95.9 Å². The normalized spacial score (nSPS) is 10.8. The Morgan fingerprint density at radius 1 is 0.786 bits per heavy atom. The molecule has 0 fully saturated rings. The molecule has 0 unspecified atom stereocenters. The van der Waals surface area contributed by atoms with E-state index in [9.17, 15) is 18.3 Å². The number of rotatable bonds is 9. The second-order valence-corrected chi connectivity index (χ2v) is 10.4. The predicted octanol–water partition coefficient (Wildman–Crippen LogP) is 5.79. The number of amides is 1. The number of nitrogens with one attached hydrogen (secondary N) is 3. The predicted molar refractivity (Wildman–Crippen MR) is 162 cm³/mol. The van der Waals surface area contributed by atoms with Gasteiger partial charge in [0.25, 0.3) is 15.9 Å². The summed E-state index contributed by atoms with van der Waals surface area (Å²) in [6, 6.07) is 24.0. The Hall–Kier alpha value is -5.36. The number of hydrogen-bond acceptors (Lipinski definition) is 9. The van der Waals surface area contributed by atoms with Crippen LogP contribution in [0.5, 0.6) is 17.2 Å². The van der Waals surface area contributed by atoms with Crippen LogP contribution in [0.2, 0.25) is 0 Å². The minimum absolute atomic E-state index is 0. The molecule has 11 nitrogen and oxygen atoms in total. The van der Waals surface area contributed by atoms with Crippen LogP contribution in [0.1, 0.15) is 17.8 Å². The number of anilines is 4. The number of carbonyl (C=O) groups is 1.